The van der Waals surface area contributed by atoms with Crippen LogP contribution in [-0.2, 0) is 4.74 Å². The Morgan fingerprint density at radius 2 is 2.20 bits per heavy atom. The summed E-state index contributed by atoms with van der Waals surface area (Å²) in [6, 6.07) is 0. The molecule has 8 heteroatoms. The minimum absolute atomic E-state index is 0.210. The lowest BCUT2D eigenvalue weighted by molar-refractivity contribution is 0.0125. The lowest BCUT2D eigenvalue weighted by Gasteiger charge is -2.26. The van der Waals surface area contributed by atoms with Crippen molar-refractivity contribution >= 4 is 17.2 Å². The monoisotopic (exact) mass is 291 g/mol. The molecule has 1 aliphatic rings. The first-order valence-electron chi connectivity index (χ1n) is 6.18. The quantitative estimate of drug-likeness (QED) is 0.891. The van der Waals surface area contributed by atoms with Crippen LogP contribution in [0.15, 0.2) is 24.0 Å². The Bertz CT molecular complexity index is 583. The van der Waals surface area contributed by atoms with E-state index >= 15 is 0 Å². The highest BCUT2D eigenvalue weighted by Crippen LogP contribution is 2.20. The van der Waals surface area contributed by atoms with Gasteiger partial charge in [0, 0.05) is 30.9 Å². The Morgan fingerprint density at radius 3 is 2.95 bits per heavy atom. The van der Waals surface area contributed by atoms with E-state index in [1.54, 1.807) is 24.0 Å². The average molecular weight is 291 g/mol. The van der Waals surface area contributed by atoms with E-state index in [2.05, 4.69) is 20.4 Å². The number of thiazole rings is 1. The van der Waals surface area contributed by atoms with E-state index in [9.17, 15) is 4.79 Å². The third-order valence-electron chi connectivity index (χ3n) is 2.79. The molecular weight excluding hydrogens is 278 g/mol. The van der Waals surface area contributed by atoms with E-state index < -0.39 is 0 Å². The highest BCUT2D eigenvalue weighted by Gasteiger charge is 2.17. The first kappa shape index (κ1) is 13.1. The van der Waals surface area contributed by atoms with Gasteiger partial charge in [-0.1, -0.05) is 0 Å². The molecule has 20 heavy (non-hydrogen) atoms. The number of ether oxygens (including phenoxy) is 1. The van der Waals surface area contributed by atoms with E-state index in [0.717, 1.165) is 0 Å². The summed E-state index contributed by atoms with van der Waals surface area (Å²) < 4.78 is 5.23. The number of nitrogens with one attached hydrogen (secondary N) is 1. The van der Waals surface area contributed by atoms with Crippen LogP contribution in [0.25, 0.3) is 10.7 Å². The average Bonchev–Trinajstić information content (AvgIpc) is 2.99. The molecule has 0 spiro atoms. The molecule has 3 heterocycles. The second-order valence-electron chi connectivity index (χ2n) is 4.17. The first-order valence-corrected chi connectivity index (χ1v) is 7.06. The molecule has 0 aromatic carbocycles. The molecule has 0 unspecified atom stereocenters. The van der Waals surface area contributed by atoms with Crippen LogP contribution in [0.2, 0.25) is 0 Å². The number of carbonyl (C=O) groups is 1. The number of morpholine rings is 1. The molecule has 1 saturated heterocycles. The fourth-order valence-electron chi connectivity index (χ4n) is 1.78. The second kappa shape index (κ2) is 6.04. The maximum atomic E-state index is 12.1. The molecule has 0 saturated carbocycles. The fraction of sp³-hybridized carbons (Fsp3) is 0.333. The zero-order valence-electron chi connectivity index (χ0n) is 10.7. The van der Waals surface area contributed by atoms with E-state index in [-0.39, 0.29) is 5.91 Å². The number of hydrazine groups is 1. The van der Waals surface area contributed by atoms with Crippen LogP contribution in [0.4, 0.5) is 0 Å². The normalized spacial score (nSPS) is 16.0. The number of aromatic nitrogens is 3. The second-order valence-corrected chi connectivity index (χ2v) is 5.03. The lowest BCUT2D eigenvalue weighted by atomic mass is 10.4. The van der Waals surface area contributed by atoms with Crippen molar-refractivity contribution in [2.24, 2.45) is 0 Å². The highest BCUT2D eigenvalue weighted by atomic mass is 32.1. The van der Waals surface area contributed by atoms with Gasteiger partial charge >= 0.3 is 0 Å². The van der Waals surface area contributed by atoms with Gasteiger partial charge < -0.3 is 4.74 Å². The van der Waals surface area contributed by atoms with Crippen LogP contribution in [0.3, 0.4) is 0 Å². The Morgan fingerprint density at radius 1 is 1.35 bits per heavy atom. The highest BCUT2D eigenvalue weighted by molar-refractivity contribution is 7.13. The van der Waals surface area contributed by atoms with Crippen LogP contribution < -0.4 is 5.43 Å². The van der Waals surface area contributed by atoms with Gasteiger partial charge in [0.15, 0.2) is 0 Å². The third-order valence-corrected chi connectivity index (χ3v) is 3.65. The standard InChI is InChI=1S/C12H13N5O2S/c18-11(16-17-3-5-19-6-4-17)10-8-20-12(15-10)9-7-13-1-2-14-9/h1-2,7-8H,3-6H2,(H,16,18). The van der Waals surface area contributed by atoms with Crippen LogP contribution in [0, 0.1) is 0 Å². The maximum absolute atomic E-state index is 12.1. The van der Waals surface area contributed by atoms with Crippen molar-refractivity contribution in [3.8, 4) is 10.7 Å². The molecule has 0 atom stereocenters. The van der Waals surface area contributed by atoms with Crippen LogP contribution in [0.5, 0.6) is 0 Å². The molecular formula is C12H13N5O2S. The summed E-state index contributed by atoms with van der Waals surface area (Å²) in [6.07, 6.45) is 4.83. The van der Waals surface area contributed by atoms with Crippen molar-refractivity contribution in [2.75, 3.05) is 26.3 Å². The Kier molecular flexibility index (Phi) is 3.95. The van der Waals surface area contributed by atoms with Gasteiger partial charge in [-0.15, -0.1) is 11.3 Å². The summed E-state index contributed by atoms with van der Waals surface area (Å²) in [7, 11) is 0. The number of hydrogen-bond acceptors (Lipinski definition) is 7. The van der Waals surface area contributed by atoms with Crippen LogP contribution >= 0.6 is 11.3 Å². The topological polar surface area (TPSA) is 80.2 Å². The predicted octanol–water partition coefficient (Wildman–Crippen LogP) is 0.577. The van der Waals surface area contributed by atoms with Gasteiger partial charge in [0.25, 0.3) is 5.91 Å². The largest absolute Gasteiger partial charge is 0.379 e. The number of rotatable bonds is 3. The molecule has 1 fully saturated rings. The number of nitrogens with zero attached hydrogens (tertiary/aromatic N) is 4. The molecule has 3 rings (SSSR count). The van der Waals surface area contributed by atoms with Gasteiger partial charge in [0.05, 0.1) is 19.4 Å². The van der Waals surface area contributed by atoms with Crippen LogP contribution in [0.1, 0.15) is 10.5 Å². The summed E-state index contributed by atoms with van der Waals surface area (Å²) in [5.41, 5.74) is 3.88. The Balaban J connectivity index is 1.68. The zero-order valence-corrected chi connectivity index (χ0v) is 11.5. The van der Waals surface area contributed by atoms with Gasteiger partial charge in [-0.2, -0.15) is 0 Å². The van der Waals surface area contributed by atoms with Crippen molar-refractivity contribution in [1.29, 1.82) is 0 Å². The maximum Gasteiger partial charge on any atom is 0.285 e. The summed E-state index contributed by atoms with van der Waals surface area (Å²) >= 11 is 1.38. The van der Waals surface area contributed by atoms with Gasteiger partial charge in [-0.3, -0.25) is 20.2 Å². The third kappa shape index (κ3) is 2.98. The van der Waals surface area contributed by atoms with E-state index in [4.69, 9.17) is 4.74 Å². The molecule has 7 nitrogen and oxygen atoms in total. The summed E-state index contributed by atoms with van der Waals surface area (Å²) in [5, 5.41) is 4.25. The zero-order chi connectivity index (χ0) is 13.8. The molecule has 0 radical (unpaired) electrons. The minimum atomic E-state index is -0.210. The smallest absolute Gasteiger partial charge is 0.285 e. The molecule has 2 aromatic heterocycles. The lowest BCUT2D eigenvalue weighted by Crippen LogP contribution is -2.48. The van der Waals surface area contributed by atoms with Crippen molar-refractivity contribution in [2.45, 2.75) is 0 Å². The van der Waals surface area contributed by atoms with E-state index in [1.165, 1.54) is 11.3 Å². The Hall–Kier alpha value is -1.90. The van der Waals surface area contributed by atoms with E-state index in [1.807, 2.05) is 5.01 Å². The molecule has 104 valence electrons. The fourth-order valence-corrected chi connectivity index (χ4v) is 2.54. The number of carbonyl (C=O) groups excluding carboxylic acids is 1. The van der Waals surface area contributed by atoms with Gasteiger partial charge in [-0.25, -0.2) is 9.99 Å². The van der Waals surface area contributed by atoms with Gasteiger partial charge in [0.2, 0.25) is 0 Å². The van der Waals surface area contributed by atoms with Gasteiger partial charge in [-0.05, 0) is 0 Å². The molecule has 2 aromatic rings. The molecule has 1 N–H and O–H groups in total. The summed E-state index contributed by atoms with van der Waals surface area (Å²) in [5.74, 6) is -0.210. The SMILES string of the molecule is O=C(NN1CCOCC1)c1csc(-c2cnccn2)n1. The van der Waals surface area contributed by atoms with Crippen molar-refractivity contribution in [1.82, 2.24) is 25.4 Å². The van der Waals surface area contributed by atoms with E-state index in [0.29, 0.717) is 42.7 Å². The predicted molar refractivity (Wildman–Crippen MR) is 73.0 cm³/mol. The molecule has 1 aliphatic heterocycles. The minimum Gasteiger partial charge on any atom is -0.379 e. The van der Waals surface area contributed by atoms with Crippen molar-refractivity contribution in [3.63, 3.8) is 0 Å². The van der Waals surface area contributed by atoms with Gasteiger partial charge in [0.1, 0.15) is 16.4 Å². The number of hydrogen-bond donors (Lipinski definition) is 1. The molecule has 1 amide bonds. The van der Waals surface area contributed by atoms with Crippen LogP contribution in [-0.4, -0.2) is 52.2 Å². The van der Waals surface area contributed by atoms with Crippen molar-refractivity contribution < 1.29 is 9.53 Å². The molecule has 0 aliphatic carbocycles. The number of amides is 1. The Labute approximate surface area is 119 Å². The van der Waals surface area contributed by atoms with Crippen molar-refractivity contribution in [3.05, 3.63) is 29.7 Å². The first-order chi connectivity index (χ1) is 9.83. The summed E-state index contributed by atoms with van der Waals surface area (Å²) in [6.45, 7) is 2.63. The molecule has 0 bridgehead atoms. The summed E-state index contributed by atoms with van der Waals surface area (Å²) in [4.78, 5) is 24.5.